The minimum atomic E-state index is -4.36. The normalized spacial score (nSPS) is 24.8. The summed E-state index contributed by atoms with van der Waals surface area (Å²) in [5, 5.41) is 12.8. The van der Waals surface area contributed by atoms with Crippen molar-refractivity contribution < 1.29 is 18.3 Å². The fourth-order valence-corrected chi connectivity index (χ4v) is 4.25. The first kappa shape index (κ1) is 17.3. The van der Waals surface area contributed by atoms with Gasteiger partial charge in [-0.15, -0.1) is 0 Å². The average molecular weight is 363 g/mol. The van der Waals surface area contributed by atoms with Gasteiger partial charge in [0.2, 0.25) is 0 Å². The van der Waals surface area contributed by atoms with Crippen molar-refractivity contribution in [3.8, 4) is 11.1 Å². The number of fused-ring (bicyclic) bond motifs is 2. The Morgan fingerprint density at radius 2 is 1.88 bits per heavy atom. The van der Waals surface area contributed by atoms with Gasteiger partial charge in [0.15, 0.2) is 5.82 Å². The van der Waals surface area contributed by atoms with Crippen LogP contribution >= 0.6 is 0 Å². The molecule has 1 aromatic carbocycles. The molecule has 4 nitrogen and oxygen atoms in total. The van der Waals surface area contributed by atoms with Crippen LogP contribution in [0.3, 0.4) is 0 Å². The van der Waals surface area contributed by atoms with Crippen molar-refractivity contribution in [2.75, 3.05) is 5.32 Å². The van der Waals surface area contributed by atoms with Gasteiger partial charge in [0.1, 0.15) is 12.4 Å². The van der Waals surface area contributed by atoms with Crippen LogP contribution in [0.15, 0.2) is 30.5 Å². The van der Waals surface area contributed by atoms with Crippen molar-refractivity contribution in [3.05, 3.63) is 41.9 Å². The molecule has 2 saturated carbocycles. The van der Waals surface area contributed by atoms with E-state index in [0.29, 0.717) is 34.7 Å². The van der Waals surface area contributed by atoms with Crippen LogP contribution in [0.4, 0.5) is 19.0 Å². The van der Waals surface area contributed by atoms with Gasteiger partial charge < -0.3 is 10.4 Å². The topological polar surface area (TPSA) is 58.0 Å². The Morgan fingerprint density at radius 3 is 2.46 bits per heavy atom. The molecule has 0 aliphatic heterocycles. The van der Waals surface area contributed by atoms with E-state index in [1.54, 1.807) is 6.20 Å². The Labute approximate surface area is 149 Å². The molecule has 0 spiro atoms. The summed E-state index contributed by atoms with van der Waals surface area (Å²) in [6.07, 6.45) is 2.01. The van der Waals surface area contributed by atoms with Gasteiger partial charge in [-0.05, 0) is 48.8 Å². The monoisotopic (exact) mass is 363 g/mol. The second-order valence-electron chi connectivity index (χ2n) is 7.21. The van der Waals surface area contributed by atoms with Crippen LogP contribution in [0, 0.1) is 11.8 Å². The van der Waals surface area contributed by atoms with E-state index in [1.165, 1.54) is 31.4 Å². The van der Waals surface area contributed by atoms with Gasteiger partial charge in [0, 0.05) is 17.8 Å². The van der Waals surface area contributed by atoms with Crippen LogP contribution in [0.25, 0.3) is 11.1 Å². The number of aliphatic hydroxyl groups is 1. The zero-order valence-corrected chi connectivity index (χ0v) is 14.1. The van der Waals surface area contributed by atoms with E-state index in [0.717, 1.165) is 24.5 Å². The number of hydrogen-bond acceptors (Lipinski definition) is 4. The molecule has 1 heterocycles. The van der Waals surface area contributed by atoms with Crippen molar-refractivity contribution in [3.63, 3.8) is 0 Å². The molecule has 2 N–H and O–H groups in total. The summed E-state index contributed by atoms with van der Waals surface area (Å²) in [6, 6.07) is 5.33. The van der Waals surface area contributed by atoms with Crippen LogP contribution in [0.2, 0.25) is 0 Å². The third-order valence-corrected chi connectivity index (χ3v) is 5.56. The molecule has 0 amide bonds. The third kappa shape index (κ3) is 3.28. The van der Waals surface area contributed by atoms with Crippen molar-refractivity contribution in [1.29, 1.82) is 0 Å². The Morgan fingerprint density at radius 1 is 1.12 bits per heavy atom. The van der Waals surface area contributed by atoms with E-state index in [-0.39, 0.29) is 6.61 Å². The molecule has 2 fully saturated rings. The second-order valence-corrected chi connectivity index (χ2v) is 7.21. The molecule has 138 valence electrons. The fourth-order valence-electron chi connectivity index (χ4n) is 4.25. The standard InChI is InChI=1S/C19H20F3N3O/c20-19(21,22)14-5-3-12(4-6-14)15-9-23-17(10-26)25-18(15)24-16-8-11-1-2-13(16)7-11/h3-6,9,11,13,16,26H,1-2,7-8,10H2,(H,23,24,25)/t11-,13+,16+/m0/s1. The highest BCUT2D eigenvalue weighted by Crippen LogP contribution is 2.46. The maximum Gasteiger partial charge on any atom is 0.416 e. The van der Waals surface area contributed by atoms with Gasteiger partial charge in [-0.3, -0.25) is 0 Å². The zero-order chi connectivity index (χ0) is 18.3. The number of nitrogens with one attached hydrogen (secondary N) is 1. The Balaban J connectivity index is 1.65. The van der Waals surface area contributed by atoms with Gasteiger partial charge in [-0.1, -0.05) is 18.6 Å². The van der Waals surface area contributed by atoms with E-state index >= 15 is 0 Å². The van der Waals surface area contributed by atoms with E-state index in [2.05, 4.69) is 15.3 Å². The second kappa shape index (κ2) is 6.54. The smallest absolute Gasteiger partial charge is 0.388 e. The molecule has 7 heteroatoms. The first-order valence-corrected chi connectivity index (χ1v) is 8.85. The lowest BCUT2D eigenvalue weighted by Crippen LogP contribution is -2.27. The number of aromatic nitrogens is 2. The molecular weight excluding hydrogens is 343 g/mol. The quantitative estimate of drug-likeness (QED) is 0.852. The molecule has 2 aliphatic rings. The molecule has 2 aliphatic carbocycles. The zero-order valence-electron chi connectivity index (χ0n) is 14.1. The van der Waals surface area contributed by atoms with Crippen LogP contribution in [0.1, 0.15) is 37.1 Å². The number of aliphatic hydroxyl groups excluding tert-OH is 1. The van der Waals surface area contributed by atoms with Crippen molar-refractivity contribution in [1.82, 2.24) is 9.97 Å². The van der Waals surface area contributed by atoms with Gasteiger partial charge in [-0.25, -0.2) is 9.97 Å². The molecule has 0 unspecified atom stereocenters. The molecule has 0 saturated heterocycles. The first-order valence-electron chi connectivity index (χ1n) is 8.85. The maximum atomic E-state index is 12.8. The van der Waals surface area contributed by atoms with Crippen LogP contribution in [-0.4, -0.2) is 21.1 Å². The van der Waals surface area contributed by atoms with Crippen LogP contribution in [0.5, 0.6) is 0 Å². The summed E-state index contributed by atoms with van der Waals surface area (Å²) < 4.78 is 38.4. The minimum Gasteiger partial charge on any atom is -0.388 e. The molecule has 1 aromatic heterocycles. The summed E-state index contributed by atoms with van der Waals surface area (Å²) in [5.41, 5.74) is 0.587. The van der Waals surface area contributed by atoms with Crippen molar-refractivity contribution in [2.24, 2.45) is 11.8 Å². The van der Waals surface area contributed by atoms with Crippen LogP contribution in [-0.2, 0) is 12.8 Å². The highest BCUT2D eigenvalue weighted by Gasteiger charge is 2.39. The van der Waals surface area contributed by atoms with Crippen molar-refractivity contribution >= 4 is 5.82 Å². The largest absolute Gasteiger partial charge is 0.416 e. The number of rotatable bonds is 4. The average Bonchev–Trinajstić information content (AvgIpc) is 3.24. The molecule has 4 rings (SSSR count). The number of nitrogens with zero attached hydrogens (tertiary/aromatic N) is 2. The number of halogens is 3. The van der Waals surface area contributed by atoms with E-state index < -0.39 is 11.7 Å². The molecule has 2 bridgehead atoms. The molecule has 0 radical (unpaired) electrons. The summed E-state index contributed by atoms with van der Waals surface area (Å²) in [6.45, 7) is -0.279. The first-order chi connectivity index (χ1) is 12.4. The summed E-state index contributed by atoms with van der Waals surface area (Å²) >= 11 is 0. The lowest BCUT2D eigenvalue weighted by Gasteiger charge is -2.25. The number of benzene rings is 1. The summed E-state index contributed by atoms with van der Waals surface area (Å²) in [7, 11) is 0. The maximum absolute atomic E-state index is 12.8. The highest BCUT2D eigenvalue weighted by atomic mass is 19.4. The number of hydrogen-bond donors (Lipinski definition) is 2. The van der Waals surface area contributed by atoms with Gasteiger partial charge in [0.05, 0.1) is 5.56 Å². The predicted molar refractivity (Wildman–Crippen MR) is 91.3 cm³/mol. The lowest BCUT2D eigenvalue weighted by atomic mass is 9.95. The highest BCUT2D eigenvalue weighted by molar-refractivity contribution is 5.74. The molecule has 3 atom stereocenters. The number of anilines is 1. The van der Waals surface area contributed by atoms with Gasteiger partial charge >= 0.3 is 6.18 Å². The van der Waals surface area contributed by atoms with Crippen molar-refractivity contribution in [2.45, 2.75) is 44.5 Å². The SMILES string of the molecule is OCc1ncc(-c2ccc(C(F)(F)F)cc2)c(N[C@@H]2C[C@H]3CC[C@@H]2C3)n1. The molecule has 26 heavy (non-hydrogen) atoms. The van der Waals surface area contributed by atoms with Gasteiger partial charge in [0.25, 0.3) is 0 Å². The molecule has 2 aromatic rings. The Kier molecular flexibility index (Phi) is 4.34. The fraction of sp³-hybridized carbons (Fsp3) is 0.474. The summed E-state index contributed by atoms with van der Waals surface area (Å²) in [5.74, 6) is 2.26. The Hall–Kier alpha value is -2.15. The lowest BCUT2D eigenvalue weighted by molar-refractivity contribution is -0.137. The summed E-state index contributed by atoms with van der Waals surface area (Å²) in [4.78, 5) is 8.50. The van der Waals surface area contributed by atoms with E-state index in [9.17, 15) is 18.3 Å². The van der Waals surface area contributed by atoms with Gasteiger partial charge in [-0.2, -0.15) is 13.2 Å². The predicted octanol–water partition coefficient (Wildman–Crippen LogP) is 4.26. The Bertz CT molecular complexity index is 792. The third-order valence-electron chi connectivity index (χ3n) is 5.56. The molecular formula is C19H20F3N3O. The number of alkyl halides is 3. The van der Waals surface area contributed by atoms with E-state index in [4.69, 9.17) is 0 Å². The minimum absolute atomic E-state index is 0.279. The van der Waals surface area contributed by atoms with E-state index in [1.807, 2.05) is 0 Å². The van der Waals surface area contributed by atoms with Crippen LogP contribution < -0.4 is 5.32 Å².